The van der Waals surface area contributed by atoms with Gasteiger partial charge in [0.1, 0.15) is 0 Å². The lowest BCUT2D eigenvalue weighted by molar-refractivity contribution is 0.292. The molecular formula is C28H38. The predicted octanol–water partition coefficient (Wildman–Crippen LogP) is 6.70. The summed E-state index contributed by atoms with van der Waals surface area (Å²) in [4.78, 5) is 0. The van der Waals surface area contributed by atoms with Crippen LogP contribution >= 0.6 is 0 Å². The van der Waals surface area contributed by atoms with Gasteiger partial charge in [0.15, 0.2) is 0 Å². The van der Waals surface area contributed by atoms with Crippen molar-refractivity contribution in [1.82, 2.24) is 0 Å². The summed E-state index contributed by atoms with van der Waals surface area (Å²) in [6.07, 6.45) is 19.4. The number of unbranched alkanes of at least 4 members (excludes halogenated alkanes) is 5. The van der Waals surface area contributed by atoms with Crippen molar-refractivity contribution in [2.75, 3.05) is 0 Å². The van der Waals surface area contributed by atoms with Crippen LogP contribution in [-0.2, 0) is 6.42 Å². The van der Waals surface area contributed by atoms with Crippen molar-refractivity contribution >= 4 is 17.7 Å². The van der Waals surface area contributed by atoms with Crippen molar-refractivity contribution in [3.05, 3.63) is 50.9 Å². The Bertz CT molecular complexity index is 946. The fraction of sp³-hybridized carbons (Fsp3) is 0.571. The topological polar surface area (TPSA) is 0 Å². The molecule has 0 heteroatoms. The third kappa shape index (κ3) is 3.68. The number of benzene rings is 1. The van der Waals surface area contributed by atoms with E-state index >= 15 is 0 Å². The summed E-state index contributed by atoms with van der Waals surface area (Å²) in [7, 11) is 0. The molecule has 0 fully saturated rings. The van der Waals surface area contributed by atoms with Gasteiger partial charge >= 0.3 is 0 Å². The normalized spacial score (nSPS) is 20.8. The van der Waals surface area contributed by atoms with Crippen LogP contribution in [0, 0.1) is 10.8 Å². The first kappa shape index (κ1) is 19.7. The smallest absolute Gasteiger partial charge is 0.00134 e. The molecule has 0 nitrogen and oxygen atoms in total. The summed E-state index contributed by atoms with van der Waals surface area (Å²) in [5.74, 6) is 0. The molecule has 0 atom stereocenters. The molecule has 3 aliphatic carbocycles. The van der Waals surface area contributed by atoms with Gasteiger partial charge in [-0.1, -0.05) is 97.1 Å². The summed E-state index contributed by atoms with van der Waals surface area (Å²) >= 11 is 0. The van der Waals surface area contributed by atoms with Crippen molar-refractivity contribution in [3.63, 3.8) is 0 Å². The van der Waals surface area contributed by atoms with Crippen molar-refractivity contribution in [3.8, 4) is 0 Å². The van der Waals surface area contributed by atoms with Gasteiger partial charge in [-0.3, -0.25) is 0 Å². The summed E-state index contributed by atoms with van der Waals surface area (Å²) in [5, 5.41) is 2.99. The van der Waals surface area contributed by atoms with E-state index in [1.807, 2.05) is 0 Å². The second kappa shape index (κ2) is 7.36. The Kier molecular flexibility index (Phi) is 5.19. The zero-order valence-electron chi connectivity index (χ0n) is 18.8. The number of rotatable bonds is 7. The lowest BCUT2D eigenvalue weighted by Gasteiger charge is -2.40. The molecule has 150 valence electrons. The molecule has 3 aliphatic rings. The van der Waals surface area contributed by atoms with Gasteiger partial charge in [-0.25, -0.2) is 0 Å². The highest BCUT2D eigenvalue weighted by atomic mass is 14.4. The molecular weight excluding hydrogens is 336 g/mol. The van der Waals surface area contributed by atoms with Crippen molar-refractivity contribution in [2.45, 2.75) is 92.4 Å². The summed E-state index contributed by atoms with van der Waals surface area (Å²) in [6, 6.07) is 4.80. The van der Waals surface area contributed by atoms with Crippen LogP contribution in [-0.4, -0.2) is 0 Å². The van der Waals surface area contributed by atoms with Crippen LogP contribution < -0.4 is 10.4 Å². The second-order valence-electron chi connectivity index (χ2n) is 10.7. The Morgan fingerprint density at radius 3 is 2.43 bits per heavy atom. The van der Waals surface area contributed by atoms with Gasteiger partial charge in [0.2, 0.25) is 0 Å². The highest BCUT2D eigenvalue weighted by Crippen LogP contribution is 2.50. The lowest BCUT2D eigenvalue weighted by Crippen LogP contribution is -2.30. The predicted molar refractivity (Wildman–Crippen MR) is 124 cm³/mol. The van der Waals surface area contributed by atoms with Crippen LogP contribution in [0.5, 0.6) is 0 Å². The van der Waals surface area contributed by atoms with Crippen LogP contribution in [0.15, 0.2) is 29.4 Å². The van der Waals surface area contributed by atoms with Crippen molar-refractivity contribution in [1.29, 1.82) is 0 Å². The maximum atomic E-state index is 2.57. The van der Waals surface area contributed by atoms with E-state index in [-0.39, 0.29) is 5.41 Å². The molecule has 1 aromatic carbocycles. The highest BCUT2D eigenvalue weighted by Gasteiger charge is 2.40. The molecule has 0 saturated carbocycles. The third-order valence-corrected chi connectivity index (χ3v) is 6.98. The van der Waals surface area contributed by atoms with E-state index in [0.717, 1.165) is 6.42 Å². The Balaban J connectivity index is 1.58. The molecule has 0 heterocycles. The first-order chi connectivity index (χ1) is 13.3. The molecule has 0 saturated heterocycles. The average Bonchev–Trinajstić information content (AvgIpc) is 3.16. The third-order valence-electron chi connectivity index (χ3n) is 6.98. The standard InChI is InChI=1S/C28H38/c1-6-7-8-9-10-11-12-20-15-21-13-14-23-25(24(21)16-20)17-22-18-27(2,3)19-28(4,5)26(22)23/h13-16,18H,6-12,17,19H2,1-5H3. The number of fused-ring (bicyclic) bond motifs is 4. The molecule has 4 rings (SSSR count). The Morgan fingerprint density at radius 2 is 1.64 bits per heavy atom. The van der Waals surface area contributed by atoms with Crippen LogP contribution in [0.2, 0.25) is 0 Å². The Labute approximate surface area is 172 Å². The summed E-state index contributed by atoms with van der Waals surface area (Å²) in [5.41, 5.74) is 8.46. The molecule has 0 amide bonds. The monoisotopic (exact) mass is 374 g/mol. The van der Waals surface area contributed by atoms with E-state index in [4.69, 9.17) is 0 Å². The molecule has 0 bridgehead atoms. The van der Waals surface area contributed by atoms with E-state index < -0.39 is 0 Å². The first-order valence-corrected chi connectivity index (χ1v) is 11.6. The van der Waals surface area contributed by atoms with Crippen molar-refractivity contribution in [2.24, 2.45) is 10.8 Å². The van der Waals surface area contributed by atoms with Crippen LogP contribution in [0.3, 0.4) is 0 Å². The maximum absolute atomic E-state index is 2.57. The van der Waals surface area contributed by atoms with Gasteiger partial charge in [-0.15, -0.1) is 0 Å². The minimum absolute atomic E-state index is 0.264. The van der Waals surface area contributed by atoms with Crippen LogP contribution in [0.1, 0.15) is 97.1 Å². The first-order valence-electron chi connectivity index (χ1n) is 11.6. The zero-order valence-corrected chi connectivity index (χ0v) is 18.8. The van der Waals surface area contributed by atoms with Gasteiger partial charge < -0.3 is 0 Å². The molecule has 0 spiro atoms. The molecule has 1 aromatic rings. The number of hydrogen-bond donors (Lipinski definition) is 0. The van der Waals surface area contributed by atoms with Crippen molar-refractivity contribution < 1.29 is 0 Å². The zero-order chi connectivity index (χ0) is 19.9. The summed E-state index contributed by atoms with van der Waals surface area (Å²) in [6.45, 7) is 12.0. The van der Waals surface area contributed by atoms with Gasteiger partial charge in [0.25, 0.3) is 0 Å². The minimum atomic E-state index is 0.264. The average molecular weight is 375 g/mol. The number of hydrogen-bond acceptors (Lipinski definition) is 0. The fourth-order valence-corrected chi connectivity index (χ4v) is 6.21. The maximum Gasteiger partial charge on any atom is -0.00134 e. The lowest BCUT2D eigenvalue weighted by atomic mass is 9.64. The quantitative estimate of drug-likeness (QED) is 0.466. The molecule has 0 aliphatic heterocycles. The van der Waals surface area contributed by atoms with E-state index in [1.54, 1.807) is 22.3 Å². The Hall–Kier alpha value is -1.56. The van der Waals surface area contributed by atoms with E-state index in [1.165, 1.54) is 67.4 Å². The Morgan fingerprint density at radius 1 is 0.893 bits per heavy atom. The van der Waals surface area contributed by atoms with Gasteiger partial charge in [0.05, 0.1) is 0 Å². The largest absolute Gasteiger partial charge is 0.0750 e. The van der Waals surface area contributed by atoms with Gasteiger partial charge in [0, 0.05) is 0 Å². The molecule has 28 heavy (non-hydrogen) atoms. The molecule has 0 radical (unpaired) electrons. The summed E-state index contributed by atoms with van der Waals surface area (Å²) < 4.78 is 0. The molecule has 0 unspecified atom stereocenters. The van der Waals surface area contributed by atoms with Gasteiger partial charge in [-0.2, -0.15) is 0 Å². The van der Waals surface area contributed by atoms with Gasteiger partial charge in [-0.05, 0) is 74.8 Å². The van der Waals surface area contributed by atoms with Crippen LogP contribution in [0.25, 0.3) is 17.7 Å². The second-order valence-corrected chi connectivity index (χ2v) is 10.7. The van der Waals surface area contributed by atoms with Crippen LogP contribution in [0.4, 0.5) is 0 Å². The highest BCUT2D eigenvalue weighted by molar-refractivity contribution is 5.81. The van der Waals surface area contributed by atoms with E-state index in [9.17, 15) is 0 Å². The SMILES string of the molecule is CCCCCCCCC1=Cc2c3c(ccc2=C1)=C1C(=CC(C)(C)CC1(C)C)C3. The molecule has 0 aromatic heterocycles. The number of allylic oxidation sites excluding steroid dienone is 3. The van der Waals surface area contributed by atoms with E-state index in [0.29, 0.717) is 5.41 Å². The van der Waals surface area contributed by atoms with E-state index in [2.05, 4.69) is 65.0 Å². The minimum Gasteiger partial charge on any atom is -0.0750 e. The molecule has 0 N–H and O–H groups in total. The fourth-order valence-electron chi connectivity index (χ4n) is 6.21.